The van der Waals surface area contributed by atoms with Gasteiger partial charge in [-0.05, 0) is 11.6 Å². The molecule has 0 amide bonds. The molecule has 0 radical (unpaired) electrons. The van der Waals surface area contributed by atoms with E-state index in [9.17, 15) is 0 Å². The van der Waals surface area contributed by atoms with Crippen molar-refractivity contribution >= 4 is 17.4 Å². The average Bonchev–Trinajstić information content (AvgIpc) is 2.04. The van der Waals surface area contributed by atoms with Gasteiger partial charge in [0.25, 0.3) is 0 Å². The van der Waals surface area contributed by atoms with Gasteiger partial charge in [0.2, 0.25) is 5.76 Å². The third kappa shape index (κ3) is 1.77. The second-order valence-corrected chi connectivity index (χ2v) is 1.87. The van der Waals surface area contributed by atoms with E-state index in [1.807, 2.05) is 6.07 Å². The summed E-state index contributed by atoms with van der Waals surface area (Å²) in [5.41, 5.74) is 0.713. The lowest BCUT2D eigenvalue weighted by atomic mass is 10.1. The maximum absolute atomic E-state index is 8.53. The molecule has 58 valence electrons. The van der Waals surface area contributed by atoms with Crippen LogP contribution in [0.4, 0.5) is 0 Å². The summed E-state index contributed by atoms with van der Waals surface area (Å²) in [4.78, 5) is 0. The summed E-state index contributed by atoms with van der Waals surface area (Å²) in [6, 6.07) is 3.59. The van der Waals surface area contributed by atoms with E-state index in [2.05, 4.69) is 6.58 Å². The van der Waals surface area contributed by atoms with Crippen molar-refractivity contribution < 1.29 is 4.74 Å². The van der Waals surface area contributed by atoms with Crippen LogP contribution in [-0.2, 0) is 4.74 Å². The van der Waals surface area contributed by atoms with Crippen LogP contribution in [0.1, 0.15) is 0 Å². The Morgan fingerprint density at radius 3 is 2.42 bits per heavy atom. The zero-order chi connectivity index (χ0) is 8.27. The van der Waals surface area contributed by atoms with Crippen molar-refractivity contribution in [1.29, 1.82) is 10.5 Å². The van der Waals surface area contributed by atoms with Crippen LogP contribution in [0.15, 0.2) is 35.8 Å². The average molecular weight is 174 g/mol. The minimum atomic E-state index is 0. The molecule has 0 aliphatic carbocycles. The number of nitriles is 2. The highest BCUT2D eigenvalue weighted by Gasteiger charge is 2.12. The molecule has 0 aromatic carbocycles. The molecule has 1 aliphatic rings. The third-order valence-electron chi connectivity index (χ3n) is 1.22. The minimum absolute atomic E-state index is 0. The van der Waals surface area contributed by atoms with Gasteiger partial charge >= 0.3 is 0 Å². The lowest BCUT2D eigenvalue weighted by molar-refractivity contribution is 0.364. The highest BCUT2D eigenvalue weighted by Crippen LogP contribution is 2.19. The molecule has 4 heteroatoms. The summed E-state index contributed by atoms with van der Waals surface area (Å²) in [5.74, 6) is 0.0139. The molecule has 0 unspecified atom stereocenters. The van der Waals surface area contributed by atoms with E-state index >= 15 is 0 Å². The molecule has 0 atom stereocenters. The minimum Gasteiger partial charge on any atom is -0.452 e. The van der Waals surface area contributed by atoms with Gasteiger partial charge in [-0.3, -0.25) is 0 Å². The molecule has 0 bridgehead atoms. The van der Waals surface area contributed by atoms with Gasteiger partial charge in [0, 0.05) is 0 Å². The molecular weight excluding hydrogens is 167 g/mol. The maximum Gasteiger partial charge on any atom is 0.221 e. The fraction of sp³-hybridized carbons (Fsp3) is 0. The van der Waals surface area contributed by atoms with Gasteiger partial charge in [-0.1, -0.05) is 6.58 Å². The van der Waals surface area contributed by atoms with Gasteiger partial charge in [-0.25, -0.2) is 0 Å². The molecular formula is C8H7AlN2O. The first kappa shape index (κ1) is 10.5. The summed E-state index contributed by atoms with van der Waals surface area (Å²) >= 11 is 0. The number of nitrogens with zero attached hydrogens (tertiary/aromatic N) is 2. The lowest BCUT2D eigenvalue weighted by Gasteiger charge is -2.06. The van der Waals surface area contributed by atoms with Crippen LogP contribution in [0.3, 0.4) is 0 Å². The molecule has 0 saturated carbocycles. The van der Waals surface area contributed by atoms with E-state index in [-0.39, 0.29) is 28.7 Å². The summed E-state index contributed by atoms with van der Waals surface area (Å²) in [7, 11) is 0. The molecule has 3 nitrogen and oxygen atoms in total. The van der Waals surface area contributed by atoms with Crippen LogP contribution in [0, 0.1) is 22.7 Å². The van der Waals surface area contributed by atoms with Crippen molar-refractivity contribution in [2.45, 2.75) is 0 Å². The summed E-state index contributed by atoms with van der Waals surface area (Å²) in [5, 5.41) is 17.0. The highest BCUT2D eigenvalue weighted by atomic mass is 27.0. The molecule has 0 N–H and O–H groups in total. The molecule has 0 aromatic rings. The predicted molar refractivity (Wildman–Crippen MR) is 47.6 cm³/mol. The smallest absolute Gasteiger partial charge is 0.221 e. The monoisotopic (exact) mass is 174 g/mol. The van der Waals surface area contributed by atoms with E-state index in [0.717, 1.165) is 0 Å². The van der Waals surface area contributed by atoms with Crippen molar-refractivity contribution in [3.8, 4) is 12.1 Å². The first-order chi connectivity index (χ1) is 5.29. The Kier molecular flexibility index (Phi) is 3.88. The zero-order valence-electron chi connectivity index (χ0n) is 5.66. The van der Waals surface area contributed by atoms with Crippen LogP contribution in [-0.4, -0.2) is 17.4 Å². The van der Waals surface area contributed by atoms with Crippen LogP contribution in [0.25, 0.3) is 0 Å². The maximum atomic E-state index is 8.53. The molecule has 1 aliphatic heterocycles. The van der Waals surface area contributed by atoms with Crippen LogP contribution >= 0.6 is 0 Å². The quantitative estimate of drug-likeness (QED) is 0.493. The summed E-state index contributed by atoms with van der Waals surface area (Å²) < 4.78 is 4.76. The zero-order valence-corrected chi connectivity index (χ0v) is 5.66. The Morgan fingerprint density at radius 2 is 2.00 bits per heavy atom. The van der Waals surface area contributed by atoms with Gasteiger partial charge in [0.05, 0.1) is 6.26 Å². The van der Waals surface area contributed by atoms with E-state index in [1.165, 1.54) is 6.26 Å². The molecule has 0 spiro atoms. The Bertz CT molecular complexity index is 341. The van der Waals surface area contributed by atoms with Crippen LogP contribution < -0.4 is 0 Å². The topological polar surface area (TPSA) is 56.8 Å². The van der Waals surface area contributed by atoms with Gasteiger partial charge in [0.15, 0.2) is 17.4 Å². The van der Waals surface area contributed by atoms with Crippen LogP contribution in [0.5, 0.6) is 0 Å². The van der Waals surface area contributed by atoms with Gasteiger partial charge < -0.3 is 4.74 Å². The first-order valence-electron chi connectivity index (χ1n) is 2.86. The Balaban J connectivity index is 0.00000121. The Labute approximate surface area is 81.0 Å². The molecule has 12 heavy (non-hydrogen) atoms. The van der Waals surface area contributed by atoms with Crippen molar-refractivity contribution in [3.63, 3.8) is 0 Å². The third-order valence-corrected chi connectivity index (χ3v) is 1.22. The van der Waals surface area contributed by atoms with E-state index in [0.29, 0.717) is 5.57 Å². The number of ether oxygens (including phenoxy) is 1. The summed E-state index contributed by atoms with van der Waals surface area (Å²) in [6.07, 6.45) is 2.88. The van der Waals surface area contributed by atoms with Gasteiger partial charge in [-0.15, -0.1) is 0 Å². The van der Waals surface area contributed by atoms with Gasteiger partial charge in [0.1, 0.15) is 17.7 Å². The van der Waals surface area contributed by atoms with Crippen molar-refractivity contribution in [2.24, 2.45) is 0 Å². The largest absolute Gasteiger partial charge is 0.452 e. The van der Waals surface area contributed by atoms with Crippen molar-refractivity contribution in [1.82, 2.24) is 0 Å². The predicted octanol–water partition coefficient (Wildman–Crippen LogP) is 0.204. The Hall–Kier alpha value is -1.47. The van der Waals surface area contributed by atoms with Gasteiger partial charge in [-0.2, -0.15) is 10.5 Å². The highest BCUT2D eigenvalue weighted by molar-refractivity contribution is 5.75. The van der Waals surface area contributed by atoms with Crippen LogP contribution in [0.2, 0.25) is 0 Å². The number of allylic oxidation sites excluding steroid dienone is 4. The molecule has 0 saturated heterocycles. The SMILES string of the molecule is C=C1C=COC(C#N)=C1C#N.[AlH3]. The summed E-state index contributed by atoms with van der Waals surface area (Å²) in [6.45, 7) is 3.57. The fourth-order valence-corrected chi connectivity index (χ4v) is 0.677. The normalized spacial score (nSPS) is 14.0. The number of rotatable bonds is 0. The molecule has 1 heterocycles. The standard InChI is InChI=1S/C8H4N2O.Al.3H/c1-6-2-3-11-8(5-10)7(6)4-9;;;;/h2-3H,1H2;;;;. The fourth-order valence-electron chi connectivity index (χ4n) is 0.677. The van der Waals surface area contributed by atoms with Crippen molar-refractivity contribution in [3.05, 3.63) is 35.8 Å². The molecule has 1 rings (SSSR count). The second-order valence-electron chi connectivity index (χ2n) is 1.87. The molecule has 0 fully saturated rings. The van der Waals surface area contributed by atoms with E-state index in [4.69, 9.17) is 15.3 Å². The second kappa shape index (κ2) is 4.42. The van der Waals surface area contributed by atoms with E-state index in [1.54, 1.807) is 12.1 Å². The first-order valence-corrected chi connectivity index (χ1v) is 2.86. The lowest BCUT2D eigenvalue weighted by Crippen LogP contribution is -1.96. The van der Waals surface area contributed by atoms with E-state index < -0.39 is 0 Å². The Morgan fingerprint density at radius 1 is 1.33 bits per heavy atom. The van der Waals surface area contributed by atoms with Crippen molar-refractivity contribution in [2.75, 3.05) is 0 Å². The number of hydrogen-bond acceptors (Lipinski definition) is 3. The number of hydrogen-bond donors (Lipinski definition) is 0. The molecule has 0 aromatic heterocycles.